The lowest BCUT2D eigenvalue weighted by Crippen LogP contribution is -2.29. The van der Waals surface area contributed by atoms with Crippen molar-refractivity contribution in [1.82, 2.24) is 25.0 Å². The maximum atomic E-state index is 12.5. The Kier molecular flexibility index (Phi) is 4.66. The average Bonchev–Trinajstić information content (AvgIpc) is 3.28. The highest BCUT2D eigenvalue weighted by Gasteiger charge is 2.27. The van der Waals surface area contributed by atoms with Crippen molar-refractivity contribution in [3.8, 4) is 11.3 Å². The number of likely N-dealkylation sites (tertiary alicyclic amines) is 1. The van der Waals surface area contributed by atoms with Gasteiger partial charge in [0, 0.05) is 31.2 Å². The Balaban J connectivity index is 1.45. The Hall–Kier alpha value is -3.09. The monoisotopic (exact) mass is 363 g/mol. The second kappa shape index (κ2) is 7.26. The van der Waals surface area contributed by atoms with Crippen LogP contribution in [0, 0.1) is 19.8 Å². The standard InChI is InChI=1S/C20H21N5O2/c1-13-19(14(2)27-24-13)18-5-3-4-17(23-18)8-15-6-7-25(11-15)20(26)16-9-21-12-22-10-16/h3-5,9-10,12,15H,6-8,11H2,1-2H3. The Morgan fingerprint density at radius 3 is 2.81 bits per heavy atom. The van der Waals surface area contributed by atoms with Crippen LogP contribution >= 0.6 is 0 Å². The van der Waals surface area contributed by atoms with Gasteiger partial charge in [0.15, 0.2) is 0 Å². The topological polar surface area (TPSA) is 85.0 Å². The molecule has 7 nitrogen and oxygen atoms in total. The molecule has 138 valence electrons. The predicted octanol–water partition coefficient (Wildman–Crippen LogP) is 2.85. The maximum Gasteiger partial charge on any atom is 0.256 e. The minimum absolute atomic E-state index is 0.00414. The number of aromatic nitrogens is 4. The third-order valence-corrected chi connectivity index (χ3v) is 4.97. The molecular formula is C20H21N5O2. The van der Waals surface area contributed by atoms with Gasteiger partial charge in [-0.05, 0) is 44.7 Å². The highest BCUT2D eigenvalue weighted by molar-refractivity contribution is 5.93. The molecule has 7 heteroatoms. The zero-order chi connectivity index (χ0) is 18.8. The largest absolute Gasteiger partial charge is 0.361 e. The first kappa shape index (κ1) is 17.3. The van der Waals surface area contributed by atoms with Crippen LogP contribution in [0.2, 0.25) is 0 Å². The quantitative estimate of drug-likeness (QED) is 0.709. The second-order valence-electron chi connectivity index (χ2n) is 6.95. The van der Waals surface area contributed by atoms with Crippen molar-refractivity contribution in [1.29, 1.82) is 0 Å². The van der Waals surface area contributed by atoms with Gasteiger partial charge in [-0.3, -0.25) is 9.78 Å². The number of hydrogen-bond donors (Lipinski definition) is 0. The van der Waals surface area contributed by atoms with E-state index in [0.717, 1.165) is 54.3 Å². The van der Waals surface area contributed by atoms with Crippen molar-refractivity contribution in [3.05, 3.63) is 59.6 Å². The summed E-state index contributed by atoms with van der Waals surface area (Å²) in [6.45, 7) is 5.30. The van der Waals surface area contributed by atoms with E-state index in [0.29, 0.717) is 11.5 Å². The fraction of sp³-hybridized carbons (Fsp3) is 0.350. The molecule has 1 aliphatic heterocycles. The molecule has 0 aromatic carbocycles. The van der Waals surface area contributed by atoms with Crippen molar-refractivity contribution < 1.29 is 9.32 Å². The maximum absolute atomic E-state index is 12.5. The highest BCUT2D eigenvalue weighted by atomic mass is 16.5. The van der Waals surface area contributed by atoms with Crippen LogP contribution in [0.25, 0.3) is 11.3 Å². The number of aryl methyl sites for hydroxylation is 2. The van der Waals surface area contributed by atoms with Crippen molar-refractivity contribution in [2.24, 2.45) is 5.92 Å². The van der Waals surface area contributed by atoms with Crippen molar-refractivity contribution >= 4 is 5.91 Å². The molecule has 1 atom stereocenters. The molecule has 0 bridgehead atoms. The van der Waals surface area contributed by atoms with Crippen LogP contribution in [0.15, 0.2) is 41.4 Å². The summed E-state index contributed by atoms with van der Waals surface area (Å²) in [4.78, 5) is 27.1. The van der Waals surface area contributed by atoms with Crippen LogP contribution in [0.3, 0.4) is 0 Å². The van der Waals surface area contributed by atoms with Crippen LogP contribution in [0.4, 0.5) is 0 Å². The van der Waals surface area contributed by atoms with E-state index in [1.807, 2.05) is 36.9 Å². The van der Waals surface area contributed by atoms with Gasteiger partial charge in [-0.25, -0.2) is 9.97 Å². The summed E-state index contributed by atoms with van der Waals surface area (Å²) in [7, 11) is 0. The molecule has 0 spiro atoms. The Morgan fingerprint density at radius 1 is 1.26 bits per heavy atom. The minimum Gasteiger partial charge on any atom is -0.361 e. The molecule has 0 aliphatic carbocycles. The van der Waals surface area contributed by atoms with Gasteiger partial charge in [-0.1, -0.05) is 11.2 Å². The van der Waals surface area contributed by atoms with Gasteiger partial charge in [0.2, 0.25) is 0 Å². The van der Waals surface area contributed by atoms with Gasteiger partial charge < -0.3 is 9.42 Å². The molecule has 0 N–H and O–H groups in total. The molecule has 3 aromatic rings. The van der Waals surface area contributed by atoms with Crippen LogP contribution in [0.5, 0.6) is 0 Å². The number of rotatable bonds is 4. The molecule has 0 saturated carbocycles. The molecule has 0 radical (unpaired) electrons. The van der Waals surface area contributed by atoms with Crippen LogP contribution < -0.4 is 0 Å². The molecule has 1 amide bonds. The molecule has 1 unspecified atom stereocenters. The highest BCUT2D eigenvalue weighted by Crippen LogP contribution is 2.27. The van der Waals surface area contributed by atoms with Crippen molar-refractivity contribution in [2.75, 3.05) is 13.1 Å². The van der Waals surface area contributed by atoms with E-state index >= 15 is 0 Å². The zero-order valence-electron chi connectivity index (χ0n) is 15.4. The van der Waals surface area contributed by atoms with Crippen molar-refractivity contribution in [2.45, 2.75) is 26.7 Å². The third kappa shape index (κ3) is 3.58. The summed E-state index contributed by atoms with van der Waals surface area (Å²) < 4.78 is 5.26. The number of nitrogens with zero attached hydrogens (tertiary/aromatic N) is 5. The summed E-state index contributed by atoms with van der Waals surface area (Å²) in [5.74, 6) is 1.17. The van der Waals surface area contributed by atoms with E-state index in [2.05, 4.69) is 15.1 Å². The van der Waals surface area contributed by atoms with Gasteiger partial charge in [0.1, 0.15) is 12.1 Å². The molecule has 3 aromatic heterocycles. The molecule has 1 saturated heterocycles. The van der Waals surface area contributed by atoms with E-state index in [-0.39, 0.29) is 5.91 Å². The number of carbonyl (C=O) groups excluding carboxylic acids is 1. The summed E-state index contributed by atoms with van der Waals surface area (Å²) in [6.07, 6.45) is 6.37. The first-order valence-corrected chi connectivity index (χ1v) is 9.05. The molecule has 27 heavy (non-hydrogen) atoms. The first-order valence-electron chi connectivity index (χ1n) is 9.05. The van der Waals surface area contributed by atoms with Gasteiger partial charge >= 0.3 is 0 Å². The minimum atomic E-state index is -0.00414. The smallest absolute Gasteiger partial charge is 0.256 e. The lowest BCUT2D eigenvalue weighted by Gasteiger charge is -2.16. The lowest BCUT2D eigenvalue weighted by molar-refractivity contribution is 0.0786. The SMILES string of the molecule is Cc1noc(C)c1-c1cccc(CC2CCN(C(=O)c3cncnc3)C2)n1. The number of carbonyl (C=O) groups is 1. The summed E-state index contributed by atoms with van der Waals surface area (Å²) in [5, 5.41) is 4.01. The van der Waals surface area contributed by atoms with Crippen LogP contribution in [-0.4, -0.2) is 44.0 Å². The molecule has 4 rings (SSSR count). The zero-order valence-corrected chi connectivity index (χ0v) is 15.4. The lowest BCUT2D eigenvalue weighted by atomic mass is 10.0. The Morgan fingerprint density at radius 2 is 2.07 bits per heavy atom. The van der Waals surface area contributed by atoms with Crippen LogP contribution in [-0.2, 0) is 6.42 Å². The van der Waals surface area contributed by atoms with Crippen LogP contribution in [0.1, 0.15) is 33.9 Å². The van der Waals surface area contributed by atoms with E-state index in [9.17, 15) is 4.79 Å². The summed E-state index contributed by atoms with van der Waals surface area (Å²) in [6, 6.07) is 6.04. The van der Waals surface area contributed by atoms with Gasteiger partial charge in [0.05, 0.1) is 22.5 Å². The van der Waals surface area contributed by atoms with Gasteiger partial charge in [0.25, 0.3) is 5.91 Å². The van der Waals surface area contributed by atoms with E-state index in [1.54, 1.807) is 12.4 Å². The average molecular weight is 363 g/mol. The second-order valence-corrected chi connectivity index (χ2v) is 6.95. The summed E-state index contributed by atoms with van der Waals surface area (Å²) >= 11 is 0. The van der Waals surface area contributed by atoms with E-state index < -0.39 is 0 Å². The molecule has 4 heterocycles. The molecule has 1 aliphatic rings. The fourth-order valence-corrected chi connectivity index (χ4v) is 3.65. The first-order chi connectivity index (χ1) is 13.1. The molecule has 1 fully saturated rings. The van der Waals surface area contributed by atoms with Crippen molar-refractivity contribution in [3.63, 3.8) is 0 Å². The van der Waals surface area contributed by atoms with Gasteiger partial charge in [-0.15, -0.1) is 0 Å². The number of amides is 1. The molecular weight excluding hydrogens is 342 g/mol. The van der Waals surface area contributed by atoms with Gasteiger partial charge in [-0.2, -0.15) is 0 Å². The third-order valence-electron chi connectivity index (χ3n) is 4.97. The predicted molar refractivity (Wildman–Crippen MR) is 99.0 cm³/mol. The Labute approximate surface area is 157 Å². The normalized spacial score (nSPS) is 16.7. The number of hydrogen-bond acceptors (Lipinski definition) is 6. The fourth-order valence-electron chi connectivity index (χ4n) is 3.65. The van der Waals surface area contributed by atoms with E-state index in [1.165, 1.54) is 6.33 Å². The number of pyridine rings is 1. The Bertz CT molecular complexity index is 935. The van der Waals surface area contributed by atoms with E-state index in [4.69, 9.17) is 9.51 Å². The summed E-state index contributed by atoms with van der Waals surface area (Å²) in [5.41, 5.74) is 4.26.